The molecule has 3 nitrogen and oxygen atoms in total. The highest BCUT2D eigenvalue weighted by Gasteiger charge is 2.22. The average Bonchev–Trinajstić information content (AvgIpc) is 2.52. The Hall–Kier alpha value is -1.79. The molecule has 0 saturated carbocycles. The van der Waals surface area contributed by atoms with Gasteiger partial charge >= 0.3 is 0 Å². The van der Waals surface area contributed by atoms with Crippen LogP contribution in [-0.2, 0) is 0 Å². The van der Waals surface area contributed by atoms with E-state index in [1.165, 1.54) is 6.42 Å². The molecule has 1 aliphatic rings. The number of aliphatic hydroxyl groups excluding tert-OH is 1. The molecule has 1 aliphatic heterocycles. The molecule has 0 aliphatic carbocycles. The van der Waals surface area contributed by atoms with Gasteiger partial charge in [-0.15, -0.1) is 0 Å². The normalized spacial score (nSPS) is 15.6. The summed E-state index contributed by atoms with van der Waals surface area (Å²) in [6.45, 7) is 3.75. The highest BCUT2D eigenvalue weighted by molar-refractivity contribution is 5.94. The molecule has 0 spiro atoms. The Bertz CT molecular complexity index is 519. The number of hydrogen-bond donors (Lipinski definition) is 1. The number of piperidine rings is 1. The van der Waals surface area contributed by atoms with E-state index in [2.05, 4.69) is 18.8 Å². The van der Waals surface area contributed by atoms with Gasteiger partial charge in [0.1, 0.15) is 6.61 Å². The highest BCUT2D eigenvalue weighted by Crippen LogP contribution is 2.21. The van der Waals surface area contributed by atoms with Crippen molar-refractivity contribution in [1.29, 1.82) is 0 Å². The minimum atomic E-state index is -0.164. The second-order valence-electron chi connectivity index (χ2n) is 5.18. The summed E-state index contributed by atoms with van der Waals surface area (Å²) in [6.07, 6.45) is 3.41. The van der Waals surface area contributed by atoms with E-state index >= 15 is 0 Å². The van der Waals surface area contributed by atoms with Crippen molar-refractivity contribution in [3.8, 4) is 11.8 Å². The minimum Gasteiger partial charge on any atom is -0.384 e. The van der Waals surface area contributed by atoms with Crippen molar-refractivity contribution in [1.82, 2.24) is 4.90 Å². The molecule has 20 heavy (non-hydrogen) atoms. The zero-order valence-corrected chi connectivity index (χ0v) is 11.9. The third-order valence-electron chi connectivity index (χ3n) is 3.90. The van der Waals surface area contributed by atoms with E-state index < -0.39 is 0 Å². The summed E-state index contributed by atoms with van der Waals surface area (Å²) in [5, 5.41) is 8.71. The van der Waals surface area contributed by atoms with Crippen LogP contribution in [-0.4, -0.2) is 35.6 Å². The first-order chi connectivity index (χ1) is 9.74. The Balaban J connectivity index is 2.06. The van der Waals surface area contributed by atoms with E-state index in [-0.39, 0.29) is 12.5 Å². The molecule has 1 fully saturated rings. The molecule has 1 amide bonds. The van der Waals surface area contributed by atoms with Crippen molar-refractivity contribution in [2.45, 2.75) is 26.2 Å². The van der Waals surface area contributed by atoms with Gasteiger partial charge in [0.25, 0.3) is 5.91 Å². The van der Waals surface area contributed by atoms with Crippen LogP contribution >= 0.6 is 0 Å². The maximum absolute atomic E-state index is 12.4. The summed E-state index contributed by atoms with van der Waals surface area (Å²) in [4.78, 5) is 14.4. The number of benzene rings is 1. The molecule has 0 aromatic heterocycles. The molecule has 0 radical (unpaired) electrons. The molecule has 3 heteroatoms. The van der Waals surface area contributed by atoms with E-state index in [0.717, 1.165) is 37.4 Å². The van der Waals surface area contributed by atoms with E-state index in [4.69, 9.17) is 5.11 Å². The zero-order valence-electron chi connectivity index (χ0n) is 11.9. The number of carbonyl (C=O) groups excluding carboxylic acids is 1. The molecule has 2 rings (SSSR count). The Morgan fingerprint density at radius 1 is 1.40 bits per heavy atom. The number of aliphatic hydroxyl groups is 1. The van der Waals surface area contributed by atoms with Gasteiger partial charge in [0.15, 0.2) is 0 Å². The fourth-order valence-electron chi connectivity index (χ4n) is 2.60. The Morgan fingerprint density at radius 3 is 2.80 bits per heavy atom. The summed E-state index contributed by atoms with van der Waals surface area (Å²) in [5.74, 6) is 6.30. The molecular weight excluding hydrogens is 250 g/mol. The topological polar surface area (TPSA) is 40.5 Å². The molecule has 0 bridgehead atoms. The Morgan fingerprint density at radius 2 is 2.15 bits per heavy atom. The number of carbonyl (C=O) groups is 1. The maximum atomic E-state index is 12.4. The number of rotatable bonds is 2. The van der Waals surface area contributed by atoms with Gasteiger partial charge in [0, 0.05) is 24.2 Å². The summed E-state index contributed by atoms with van der Waals surface area (Å²) < 4.78 is 0. The van der Waals surface area contributed by atoms with E-state index in [0.29, 0.717) is 5.56 Å². The lowest BCUT2D eigenvalue weighted by atomic mass is 9.94. The molecule has 1 aromatic carbocycles. The van der Waals surface area contributed by atoms with E-state index in [1.54, 1.807) is 6.07 Å². The Labute approximate surface area is 120 Å². The average molecular weight is 271 g/mol. The quantitative estimate of drug-likeness (QED) is 0.838. The fraction of sp³-hybridized carbons (Fsp3) is 0.471. The summed E-state index contributed by atoms with van der Waals surface area (Å²) >= 11 is 0. The van der Waals surface area contributed by atoms with Crippen molar-refractivity contribution in [3.63, 3.8) is 0 Å². The highest BCUT2D eigenvalue weighted by atomic mass is 16.2. The van der Waals surface area contributed by atoms with Gasteiger partial charge in [-0.25, -0.2) is 0 Å². The second kappa shape index (κ2) is 7.12. The van der Waals surface area contributed by atoms with Gasteiger partial charge in [-0.05, 0) is 37.0 Å². The number of likely N-dealkylation sites (tertiary alicyclic amines) is 1. The Kier molecular flexibility index (Phi) is 5.20. The first-order valence-corrected chi connectivity index (χ1v) is 7.23. The number of hydrogen-bond acceptors (Lipinski definition) is 2. The zero-order chi connectivity index (χ0) is 14.4. The fourth-order valence-corrected chi connectivity index (χ4v) is 2.60. The van der Waals surface area contributed by atoms with Crippen molar-refractivity contribution in [2.75, 3.05) is 19.7 Å². The first-order valence-electron chi connectivity index (χ1n) is 7.23. The van der Waals surface area contributed by atoms with Crippen molar-refractivity contribution >= 4 is 5.91 Å². The van der Waals surface area contributed by atoms with Crippen molar-refractivity contribution in [3.05, 3.63) is 35.4 Å². The lowest BCUT2D eigenvalue weighted by Crippen LogP contribution is -2.38. The molecule has 0 atom stereocenters. The number of nitrogens with zero attached hydrogens (tertiary/aromatic N) is 1. The molecule has 1 N–H and O–H groups in total. The molecule has 1 heterocycles. The summed E-state index contributed by atoms with van der Waals surface area (Å²) in [7, 11) is 0. The van der Waals surface area contributed by atoms with Crippen molar-refractivity contribution in [2.24, 2.45) is 5.92 Å². The van der Waals surface area contributed by atoms with E-state index in [1.807, 2.05) is 23.1 Å². The van der Waals surface area contributed by atoms with Gasteiger partial charge in [0.2, 0.25) is 0 Å². The third kappa shape index (κ3) is 3.61. The van der Waals surface area contributed by atoms with Gasteiger partial charge in [0.05, 0.1) is 0 Å². The molecule has 1 saturated heterocycles. The largest absolute Gasteiger partial charge is 0.384 e. The standard InChI is InChI=1S/C17H21NO2/c1-2-14-8-10-18(11-9-14)17(20)16-7-3-5-15(13-16)6-4-12-19/h3,5,7,13-14,19H,2,8-12H2,1H3. The minimum absolute atomic E-state index is 0.0900. The molecule has 1 aromatic rings. The van der Waals surface area contributed by atoms with Gasteiger partial charge < -0.3 is 10.0 Å². The monoisotopic (exact) mass is 271 g/mol. The van der Waals surface area contributed by atoms with Crippen LogP contribution in [0.3, 0.4) is 0 Å². The summed E-state index contributed by atoms with van der Waals surface area (Å²) in [5.41, 5.74) is 1.46. The lowest BCUT2D eigenvalue weighted by Gasteiger charge is -2.31. The van der Waals surface area contributed by atoms with Crippen LogP contribution in [0.5, 0.6) is 0 Å². The number of amides is 1. The van der Waals surface area contributed by atoms with Gasteiger partial charge in [-0.3, -0.25) is 4.79 Å². The third-order valence-corrected chi connectivity index (χ3v) is 3.90. The molecule has 106 valence electrons. The SMILES string of the molecule is CCC1CCN(C(=O)c2cccc(C#CCO)c2)CC1. The van der Waals surface area contributed by atoms with Crippen LogP contribution in [0.25, 0.3) is 0 Å². The van der Waals surface area contributed by atoms with Crippen LogP contribution in [0.2, 0.25) is 0 Å². The maximum Gasteiger partial charge on any atom is 0.253 e. The molecular formula is C17H21NO2. The second-order valence-corrected chi connectivity index (χ2v) is 5.18. The first kappa shape index (κ1) is 14.6. The summed E-state index contributed by atoms with van der Waals surface area (Å²) in [6, 6.07) is 7.32. The van der Waals surface area contributed by atoms with Crippen LogP contribution in [0.1, 0.15) is 42.1 Å². The van der Waals surface area contributed by atoms with Gasteiger partial charge in [-0.2, -0.15) is 0 Å². The predicted octanol–water partition coefficient (Wildman–Crippen LogP) is 2.29. The van der Waals surface area contributed by atoms with Crippen LogP contribution in [0, 0.1) is 17.8 Å². The van der Waals surface area contributed by atoms with Crippen LogP contribution in [0.15, 0.2) is 24.3 Å². The predicted molar refractivity (Wildman–Crippen MR) is 79.3 cm³/mol. The van der Waals surface area contributed by atoms with Crippen molar-refractivity contribution < 1.29 is 9.90 Å². The van der Waals surface area contributed by atoms with E-state index in [9.17, 15) is 4.79 Å². The van der Waals surface area contributed by atoms with Gasteiger partial charge in [-0.1, -0.05) is 31.3 Å². The van der Waals surface area contributed by atoms with Crippen LogP contribution in [0.4, 0.5) is 0 Å². The molecule has 0 unspecified atom stereocenters. The smallest absolute Gasteiger partial charge is 0.253 e. The van der Waals surface area contributed by atoms with Crippen LogP contribution < -0.4 is 0 Å². The lowest BCUT2D eigenvalue weighted by molar-refractivity contribution is 0.0689.